The lowest BCUT2D eigenvalue weighted by Crippen LogP contribution is -2.29. The van der Waals surface area contributed by atoms with Gasteiger partial charge in [-0.2, -0.15) is 24.9 Å². The van der Waals surface area contributed by atoms with Gasteiger partial charge in [0.2, 0.25) is 21.8 Å². The highest BCUT2D eigenvalue weighted by molar-refractivity contribution is 6.33. The van der Waals surface area contributed by atoms with E-state index in [4.69, 9.17) is 46.3 Å². The van der Waals surface area contributed by atoms with E-state index < -0.39 is 10.8 Å². The van der Waals surface area contributed by atoms with Crippen LogP contribution in [0.4, 0.5) is 28.7 Å². The maximum absolute atomic E-state index is 6.19. The van der Waals surface area contributed by atoms with Crippen molar-refractivity contribution in [1.29, 1.82) is 0 Å². The van der Waals surface area contributed by atoms with Crippen molar-refractivity contribution >= 4 is 63.5 Å². The minimum Gasteiger partial charge on any atom is -0.399 e. The summed E-state index contributed by atoms with van der Waals surface area (Å²) in [6.07, 6.45) is 0. The third kappa shape index (κ3) is 10.0. The number of benzene rings is 8. The molecule has 0 saturated heterocycles. The zero-order chi connectivity index (χ0) is 53.5. The monoisotopic (exact) mass is 1090 g/mol. The average Bonchev–Trinajstić information content (AvgIpc) is 4.12. The van der Waals surface area contributed by atoms with Crippen molar-refractivity contribution in [2.24, 2.45) is 0 Å². The molecule has 0 spiro atoms. The summed E-state index contributed by atoms with van der Waals surface area (Å²) < 4.78 is 0. The second-order valence-corrected chi connectivity index (χ2v) is 20.2. The summed E-state index contributed by atoms with van der Waals surface area (Å²) in [5.41, 5.74) is 35.1. The van der Waals surface area contributed by atoms with E-state index in [1.165, 1.54) is 72.3 Å². The number of nitrogens with zero attached hydrogens (tertiary/aromatic N) is 6. The lowest BCUT2D eigenvalue weighted by Gasteiger charge is -2.35. The molecule has 2 heterocycles. The summed E-state index contributed by atoms with van der Waals surface area (Å²) in [6, 6.07) is 61.5. The molecule has 6 N–H and O–H groups in total. The minimum atomic E-state index is -0.437. The Labute approximate surface area is 473 Å². The molecule has 0 aliphatic heterocycles. The topological polar surface area (TPSA) is 153 Å². The summed E-state index contributed by atoms with van der Waals surface area (Å²) in [6.45, 7) is 12.2. The first-order chi connectivity index (χ1) is 36.6. The number of aryl methyl sites for hydroxylation is 6. The molecule has 2 aliphatic carbocycles. The summed E-state index contributed by atoms with van der Waals surface area (Å²) in [4.78, 5) is 23.6. The molecule has 0 unspecified atom stereocenters. The predicted molar refractivity (Wildman–Crippen MR) is 326 cm³/mol. The van der Waals surface area contributed by atoms with E-state index in [0.717, 1.165) is 39.4 Å². The van der Waals surface area contributed by atoms with Crippen LogP contribution in [0.1, 0.15) is 93.3 Å². The van der Waals surface area contributed by atoms with Crippen LogP contribution in [0.2, 0.25) is 15.9 Å². The van der Waals surface area contributed by atoms with Gasteiger partial charge in [-0.1, -0.05) is 160 Å². The Bertz CT molecular complexity index is 3640. The number of nitrogen functional groups attached to an aromatic ring is 2. The second kappa shape index (κ2) is 22.8. The zero-order valence-corrected chi connectivity index (χ0v) is 45.4. The molecular weight excluding hydrogens is 1030 g/mol. The molecule has 13 heteroatoms. The molecule has 0 fully saturated rings. The van der Waals surface area contributed by atoms with Crippen molar-refractivity contribution in [3.05, 3.63) is 264 Å². The van der Waals surface area contributed by atoms with E-state index in [1.54, 1.807) is 0 Å². The van der Waals surface area contributed by atoms with Gasteiger partial charge in [-0.25, -0.2) is 4.98 Å². The Morgan fingerprint density at radius 3 is 1.00 bits per heavy atom. The molecule has 0 radical (unpaired) electrons. The van der Waals surface area contributed by atoms with Crippen LogP contribution in [0.15, 0.2) is 170 Å². The predicted octanol–water partition coefficient (Wildman–Crippen LogP) is 16.2. The Morgan fingerprint density at radius 2 is 0.679 bits per heavy atom. The van der Waals surface area contributed by atoms with Crippen molar-refractivity contribution in [3.8, 4) is 22.3 Å². The number of nitrogens with two attached hydrogens (primary N) is 2. The van der Waals surface area contributed by atoms with Gasteiger partial charge in [-0.15, -0.1) is 0 Å². The maximum atomic E-state index is 6.19. The standard InChI is InChI=1S/C33H31N5.C27H24N2.C3Cl3N3.2CH4/c1-20-18-24(14-16-30(20)34-5)33(28-12-8-6-10-26(28)27-11-7-9-13-29(27)33)25-15-17-31(21(2)19-25)38-32-36-22(3)35-23(4)37-32;1-17-15-19(11-13-25(17)28)27(20-12-14-26(29)18(2)16-20)23-9-5-3-7-21(23)22-8-4-6-10-24(22)27;4-1-7-2(5)9-3(6)8-1;;/h6-19,34H,1-5H3,(H,35,36,37,38);3-16H,28-29H2,1-2H3;;2*1H4. The van der Waals surface area contributed by atoms with E-state index in [9.17, 15) is 0 Å². The van der Waals surface area contributed by atoms with Gasteiger partial charge in [-0.05, 0) is 190 Å². The maximum Gasteiger partial charge on any atom is 0.230 e. The SMILES string of the molecule is C.C.CNc1ccc(C2(c3ccc(Nc4nc(C)nc(C)n4)c(C)c3)c3ccccc3-c3ccccc32)cc1C.Cc1cc(C2(c3ccc(N)c(C)c3)c3ccccc3-c3ccccc32)ccc1N.Clc1nc(Cl)nc(Cl)n1. The van der Waals surface area contributed by atoms with Gasteiger partial charge in [0.1, 0.15) is 11.6 Å². The lowest BCUT2D eigenvalue weighted by molar-refractivity contribution is 0.766. The van der Waals surface area contributed by atoms with Crippen molar-refractivity contribution in [2.45, 2.75) is 67.2 Å². The van der Waals surface area contributed by atoms with E-state index in [2.05, 4.69) is 226 Å². The van der Waals surface area contributed by atoms with E-state index in [0.29, 0.717) is 17.6 Å². The number of fused-ring (bicyclic) bond motifs is 6. The fourth-order valence-corrected chi connectivity index (χ4v) is 11.8. The lowest BCUT2D eigenvalue weighted by atomic mass is 9.67. The number of hydrogen-bond donors (Lipinski definition) is 4. The first-order valence-electron chi connectivity index (χ1n) is 24.8. The molecule has 10 nitrogen and oxygen atoms in total. The van der Waals surface area contributed by atoms with Crippen LogP contribution < -0.4 is 22.1 Å². The highest BCUT2D eigenvalue weighted by atomic mass is 35.5. The number of rotatable bonds is 7. The van der Waals surface area contributed by atoms with Crippen molar-refractivity contribution in [3.63, 3.8) is 0 Å². The highest BCUT2D eigenvalue weighted by Crippen LogP contribution is 2.58. The van der Waals surface area contributed by atoms with E-state index in [-0.39, 0.29) is 30.7 Å². The normalized spacial score (nSPS) is 12.6. The Morgan fingerprint density at radius 1 is 0.372 bits per heavy atom. The number of anilines is 5. The van der Waals surface area contributed by atoms with Gasteiger partial charge in [0.05, 0.1) is 10.8 Å². The molecule has 2 aliphatic rings. The summed E-state index contributed by atoms with van der Waals surface area (Å²) in [5.74, 6) is 1.97. The van der Waals surface area contributed by atoms with Crippen LogP contribution in [0.5, 0.6) is 0 Å². The molecule has 0 atom stereocenters. The van der Waals surface area contributed by atoms with Gasteiger partial charge in [0.25, 0.3) is 0 Å². The molecule has 0 bridgehead atoms. The van der Waals surface area contributed by atoms with Crippen molar-refractivity contribution in [2.75, 3.05) is 29.1 Å². The summed E-state index contributed by atoms with van der Waals surface area (Å²) in [7, 11) is 1.97. The first kappa shape index (κ1) is 56.1. The Hall–Kier alpha value is -8.15. The van der Waals surface area contributed by atoms with Crippen LogP contribution >= 0.6 is 34.8 Å². The van der Waals surface area contributed by atoms with Crippen molar-refractivity contribution < 1.29 is 0 Å². The number of nitrogens with one attached hydrogen (secondary N) is 2. The van der Waals surface area contributed by atoms with E-state index in [1.807, 2.05) is 33.0 Å². The van der Waals surface area contributed by atoms with Crippen LogP contribution in [0.25, 0.3) is 22.3 Å². The van der Waals surface area contributed by atoms with Crippen LogP contribution in [0.3, 0.4) is 0 Å². The van der Waals surface area contributed by atoms with Gasteiger partial charge in [0, 0.05) is 29.8 Å². The van der Waals surface area contributed by atoms with Crippen LogP contribution in [0, 0.1) is 41.5 Å². The second-order valence-electron chi connectivity index (χ2n) is 19.2. The molecule has 394 valence electrons. The van der Waals surface area contributed by atoms with Crippen LogP contribution in [-0.4, -0.2) is 37.0 Å². The Kier molecular flexibility index (Phi) is 16.4. The minimum absolute atomic E-state index is 0. The number of hydrogen-bond acceptors (Lipinski definition) is 10. The summed E-state index contributed by atoms with van der Waals surface area (Å²) in [5, 5.41) is 6.74. The van der Waals surface area contributed by atoms with Gasteiger partial charge < -0.3 is 22.1 Å². The fraction of sp³-hybridized carbons (Fsp3) is 0.169. The average molecular weight is 1090 g/mol. The van der Waals surface area contributed by atoms with Gasteiger partial charge in [-0.3, -0.25) is 0 Å². The van der Waals surface area contributed by atoms with E-state index >= 15 is 0 Å². The molecular formula is C65H63Cl3N10. The van der Waals surface area contributed by atoms with Crippen LogP contribution in [-0.2, 0) is 10.8 Å². The van der Waals surface area contributed by atoms with Gasteiger partial charge in [0.15, 0.2) is 0 Å². The quantitative estimate of drug-likeness (QED) is 0.113. The zero-order valence-electron chi connectivity index (χ0n) is 43.1. The smallest absolute Gasteiger partial charge is 0.230 e. The first-order valence-corrected chi connectivity index (χ1v) is 26.0. The largest absolute Gasteiger partial charge is 0.399 e. The number of halogens is 3. The molecule has 0 amide bonds. The highest BCUT2D eigenvalue weighted by Gasteiger charge is 2.47. The molecule has 78 heavy (non-hydrogen) atoms. The number of aromatic nitrogens is 6. The molecule has 2 aromatic heterocycles. The van der Waals surface area contributed by atoms with Crippen molar-refractivity contribution in [1.82, 2.24) is 29.9 Å². The fourth-order valence-electron chi connectivity index (χ4n) is 11.2. The molecule has 10 aromatic rings. The third-order valence-corrected chi connectivity index (χ3v) is 15.1. The van der Waals surface area contributed by atoms with Gasteiger partial charge >= 0.3 is 0 Å². The third-order valence-electron chi connectivity index (χ3n) is 14.6. The Balaban J connectivity index is 0.000000177. The molecule has 12 rings (SSSR count). The summed E-state index contributed by atoms with van der Waals surface area (Å²) >= 11 is 16.0. The molecule has 0 saturated carbocycles. The molecule has 8 aromatic carbocycles.